The predicted octanol–water partition coefficient (Wildman–Crippen LogP) is 4.65. The van der Waals surface area contributed by atoms with Crippen LogP contribution in [0.5, 0.6) is 0 Å². The SMILES string of the molecule is CSC(O)[C@@]12CCC[C@H]1[C@@H]1CCC3CC(=O)CC[C@]3(C)[C@H]1CC2. The zero-order valence-corrected chi connectivity index (χ0v) is 15.5. The molecule has 0 spiro atoms. The highest BCUT2D eigenvalue weighted by molar-refractivity contribution is 7.99. The molecule has 4 fully saturated rings. The van der Waals surface area contributed by atoms with Crippen molar-refractivity contribution in [1.29, 1.82) is 0 Å². The number of hydrogen-bond acceptors (Lipinski definition) is 3. The van der Waals surface area contributed by atoms with E-state index in [-0.39, 0.29) is 10.9 Å². The third kappa shape index (κ3) is 2.28. The first-order valence-corrected chi connectivity index (χ1v) is 11.0. The van der Waals surface area contributed by atoms with E-state index in [0.717, 1.165) is 37.0 Å². The lowest BCUT2D eigenvalue weighted by Gasteiger charge is -2.60. The fourth-order valence-corrected chi connectivity index (χ4v) is 8.30. The zero-order chi connectivity index (χ0) is 16.2. The molecule has 4 saturated carbocycles. The van der Waals surface area contributed by atoms with Crippen LogP contribution in [0.15, 0.2) is 0 Å². The lowest BCUT2D eigenvalue weighted by atomic mass is 9.45. The largest absolute Gasteiger partial charge is 0.382 e. The summed E-state index contributed by atoms with van der Waals surface area (Å²) in [7, 11) is 0. The molecule has 4 rings (SSSR count). The molecule has 0 bridgehead atoms. The lowest BCUT2D eigenvalue weighted by Crippen LogP contribution is -2.55. The van der Waals surface area contributed by atoms with Crippen LogP contribution in [0.2, 0.25) is 0 Å². The summed E-state index contributed by atoms with van der Waals surface area (Å²) in [5.74, 6) is 3.50. The molecular formula is C20H32O2S. The number of fused-ring (bicyclic) bond motifs is 5. The molecular weight excluding hydrogens is 304 g/mol. The molecule has 0 aromatic rings. The van der Waals surface area contributed by atoms with Gasteiger partial charge < -0.3 is 5.11 Å². The average molecular weight is 337 g/mol. The average Bonchev–Trinajstić information content (AvgIpc) is 3.00. The van der Waals surface area contributed by atoms with E-state index in [2.05, 4.69) is 13.2 Å². The van der Waals surface area contributed by atoms with E-state index in [0.29, 0.717) is 17.1 Å². The van der Waals surface area contributed by atoms with Crippen molar-refractivity contribution in [3.05, 3.63) is 0 Å². The summed E-state index contributed by atoms with van der Waals surface area (Å²) in [5.41, 5.74) is 0.430. The molecule has 7 atom stereocenters. The van der Waals surface area contributed by atoms with E-state index in [1.54, 1.807) is 11.8 Å². The minimum absolute atomic E-state index is 0.172. The topological polar surface area (TPSA) is 37.3 Å². The maximum Gasteiger partial charge on any atom is 0.133 e. The summed E-state index contributed by atoms with van der Waals surface area (Å²) in [4.78, 5) is 11.9. The van der Waals surface area contributed by atoms with Gasteiger partial charge in [0.05, 0.1) is 0 Å². The Morgan fingerprint density at radius 3 is 2.74 bits per heavy atom. The van der Waals surface area contributed by atoms with Crippen molar-refractivity contribution in [1.82, 2.24) is 0 Å². The maximum atomic E-state index is 11.9. The van der Waals surface area contributed by atoms with Crippen molar-refractivity contribution < 1.29 is 9.90 Å². The number of carbonyl (C=O) groups excluding carboxylic acids is 1. The van der Waals surface area contributed by atoms with Crippen molar-refractivity contribution in [2.24, 2.45) is 34.5 Å². The second-order valence-electron chi connectivity index (χ2n) is 9.15. The molecule has 1 N–H and O–H groups in total. The molecule has 3 heteroatoms. The first kappa shape index (κ1) is 16.4. The number of hydrogen-bond donors (Lipinski definition) is 1. The van der Waals surface area contributed by atoms with Crippen molar-refractivity contribution in [2.75, 3.05) is 6.26 Å². The molecule has 0 saturated heterocycles. The summed E-state index contributed by atoms with van der Waals surface area (Å²) in [6.45, 7) is 2.51. The van der Waals surface area contributed by atoms with Gasteiger partial charge in [0.1, 0.15) is 11.2 Å². The molecule has 0 radical (unpaired) electrons. The Morgan fingerprint density at radius 2 is 1.96 bits per heavy atom. The van der Waals surface area contributed by atoms with Gasteiger partial charge in [0.15, 0.2) is 0 Å². The molecule has 130 valence electrons. The molecule has 0 aromatic carbocycles. The fraction of sp³-hybridized carbons (Fsp3) is 0.950. The van der Waals surface area contributed by atoms with E-state index in [1.165, 1.54) is 44.9 Å². The van der Waals surface area contributed by atoms with E-state index in [9.17, 15) is 9.90 Å². The molecule has 0 aromatic heterocycles. The van der Waals surface area contributed by atoms with E-state index >= 15 is 0 Å². The Hall–Kier alpha value is -0.0200. The molecule has 23 heavy (non-hydrogen) atoms. The molecule has 2 unspecified atom stereocenters. The van der Waals surface area contributed by atoms with Crippen LogP contribution in [0.25, 0.3) is 0 Å². The van der Waals surface area contributed by atoms with Gasteiger partial charge in [-0.15, -0.1) is 11.8 Å². The molecule has 4 aliphatic carbocycles. The summed E-state index contributed by atoms with van der Waals surface area (Å²) in [6.07, 6.45) is 13.8. The Labute approximate surface area is 145 Å². The molecule has 0 amide bonds. The highest BCUT2D eigenvalue weighted by Crippen LogP contribution is 2.67. The van der Waals surface area contributed by atoms with Crippen LogP contribution in [-0.2, 0) is 4.79 Å². The third-order valence-electron chi connectivity index (χ3n) is 8.61. The van der Waals surface area contributed by atoms with Gasteiger partial charge in [0, 0.05) is 18.3 Å². The van der Waals surface area contributed by atoms with Crippen molar-refractivity contribution in [3.63, 3.8) is 0 Å². The smallest absolute Gasteiger partial charge is 0.133 e. The molecule has 4 aliphatic rings. The van der Waals surface area contributed by atoms with Gasteiger partial charge in [-0.2, -0.15) is 0 Å². The van der Waals surface area contributed by atoms with Crippen molar-refractivity contribution in [2.45, 2.75) is 76.6 Å². The van der Waals surface area contributed by atoms with E-state index < -0.39 is 0 Å². The van der Waals surface area contributed by atoms with Crippen molar-refractivity contribution in [3.8, 4) is 0 Å². The first-order valence-electron chi connectivity index (χ1n) is 9.74. The Kier molecular flexibility index (Phi) is 4.12. The minimum atomic E-state index is -0.172. The van der Waals surface area contributed by atoms with E-state index in [4.69, 9.17) is 0 Å². The maximum absolute atomic E-state index is 11.9. The predicted molar refractivity (Wildman–Crippen MR) is 95.2 cm³/mol. The molecule has 0 heterocycles. The van der Waals surface area contributed by atoms with Crippen LogP contribution in [0, 0.1) is 34.5 Å². The third-order valence-corrected chi connectivity index (χ3v) is 9.53. The van der Waals surface area contributed by atoms with Gasteiger partial charge in [0.2, 0.25) is 0 Å². The Balaban J connectivity index is 1.63. The van der Waals surface area contributed by atoms with Crippen LogP contribution in [0.1, 0.15) is 71.1 Å². The summed E-state index contributed by atoms with van der Waals surface area (Å²) in [5, 5.41) is 10.8. The van der Waals surface area contributed by atoms with Crippen LogP contribution >= 0.6 is 11.8 Å². The molecule has 2 nitrogen and oxygen atoms in total. The quantitative estimate of drug-likeness (QED) is 0.746. The normalized spacial score (nSPS) is 50.8. The highest BCUT2D eigenvalue weighted by Gasteiger charge is 2.60. The monoisotopic (exact) mass is 336 g/mol. The second-order valence-corrected chi connectivity index (χ2v) is 10.1. The van der Waals surface area contributed by atoms with Crippen LogP contribution in [0.4, 0.5) is 0 Å². The number of aliphatic hydroxyl groups is 1. The van der Waals surface area contributed by atoms with E-state index in [1.807, 2.05) is 0 Å². The van der Waals surface area contributed by atoms with Gasteiger partial charge in [-0.1, -0.05) is 13.3 Å². The number of rotatable bonds is 2. The molecule has 0 aliphatic heterocycles. The second kappa shape index (κ2) is 5.76. The summed E-state index contributed by atoms with van der Waals surface area (Å²) in [6, 6.07) is 0. The number of aliphatic hydroxyl groups excluding tert-OH is 1. The number of carbonyl (C=O) groups is 1. The standard InChI is InChI=1S/C20H32O2S/c1-19-10-7-14(21)12-13(19)5-6-15-16(19)8-11-20(18(22)23-2)9-3-4-17(15)20/h13,15-18,22H,3-12H2,1-2H3/t13?,15-,16+,17+,18?,19+,20-/m1/s1. The summed E-state index contributed by atoms with van der Waals surface area (Å²) >= 11 is 1.67. The van der Waals surface area contributed by atoms with Gasteiger partial charge in [-0.3, -0.25) is 4.79 Å². The van der Waals surface area contributed by atoms with Crippen LogP contribution < -0.4 is 0 Å². The highest BCUT2D eigenvalue weighted by atomic mass is 32.2. The first-order chi connectivity index (χ1) is 11.0. The number of Topliss-reactive ketones (excluding diaryl/α,β-unsaturated/α-hetero) is 1. The fourth-order valence-electron chi connectivity index (χ4n) is 7.42. The Morgan fingerprint density at radius 1 is 1.13 bits per heavy atom. The zero-order valence-electron chi connectivity index (χ0n) is 14.7. The Bertz CT molecular complexity index is 492. The van der Waals surface area contributed by atoms with Gasteiger partial charge in [-0.05, 0) is 80.3 Å². The van der Waals surface area contributed by atoms with Crippen LogP contribution in [-0.4, -0.2) is 22.6 Å². The number of ketones is 1. The van der Waals surface area contributed by atoms with Gasteiger partial charge in [0.25, 0.3) is 0 Å². The van der Waals surface area contributed by atoms with Crippen molar-refractivity contribution >= 4 is 17.5 Å². The number of thioether (sulfide) groups is 1. The minimum Gasteiger partial charge on any atom is -0.382 e. The lowest BCUT2D eigenvalue weighted by molar-refractivity contribution is -0.142. The van der Waals surface area contributed by atoms with Gasteiger partial charge >= 0.3 is 0 Å². The summed E-state index contributed by atoms with van der Waals surface area (Å²) < 4.78 is 0. The van der Waals surface area contributed by atoms with Crippen LogP contribution in [0.3, 0.4) is 0 Å². The van der Waals surface area contributed by atoms with Gasteiger partial charge in [-0.25, -0.2) is 0 Å².